The monoisotopic (exact) mass is 614 g/mol. The van der Waals surface area contributed by atoms with E-state index in [0.717, 1.165) is 11.1 Å². The van der Waals surface area contributed by atoms with Gasteiger partial charge in [0.2, 0.25) is 0 Å². The topological polar surface area (TPSA) is 51.8 Å². The molecule has 0 aliphatic heterocycles. The van der Waals surface area contributed by atoms with Crippen molar-refractivity contribution >= 4 is 32.7 Å². The van der Waals surface area contributed by atoms with Gasteiger partial charge in [-0.05, 0) is 57.2 Å². The summed E-state index contributed by atoms with van der Waals surface area (Å²) in [5, 5.41) is -1.07. The fraction of sp³-hybridized carbons (Fsp3) is 0. The molecular weight excluding hydrogens is 574 g/mol. The number of aromatic nitrogens is 3. The van der Waals surface area contributed by atoms with Crippen molar-refractivity contribution in [3.05, 3.63) is 163 Å². The van der Waals surface area contributed by atoms with Gasteiger partial charge in [-0.25, -0.2) is 15.0 Å². The van der Waals surface area contributed by atoms with Crippen molar-refractivity contribution < 1.29 is 22.2 Å². The zero-order valence-corrected chi connectivity index (χ0v) is 24.3. The summed E-state index contributed by atoms with van der Waals surface area (Å²) >= 11 is 0. The molecule has 47 heavy (non-hydrogen) atoms. The number of furan rings is 1. The molecule has 2 aromatic heterocycles. The molecule has 2 heterocycles. The molecule has 4 nitrogen and oxygen atoms in total. The molecular formula is C43H27N3O. The van der Waals surface area contributed by atoms with E-state index < -0.39 is 84.1 Å². The average molecular weight is 615 g/mol. The molecule has 0 saturated carbocycles. The van der Waals surface area contributed by atoms with Crippen molar-refractivity contribution in [3.8, 4) is 56.4 Å². The SMILES string of the molecule is [2H]c1c([2H])c([2H])c2c(oc3c([2H])c([2H])c([2H])c(-c4c([2H])c([2H])c5c([2H])c(-c6ccc(-c7nc(-c8ccccc8)nc(-c8ccccc8)n7)cc6)c([2H])c([2H])c5c4[2H])c32)c1[2H]. The van der Waals surface area contributed by atoms with Crippen LogP contribution in [0.4, 0.5) is 0 Å². The molecule has 0 radical (unpaired) electrons. The van der Waals surface area contributed by atoms with Crippen molar-refractivity contribution in [3.63, 3.8) is 0 Å². The summed E-state index contributed by atoms with van der Waals surface area (Å²) in [7, 11) is 0. The molecule has 0 aliphatic rings. The Labute approximate surface area is 289 Å². The van der Waals surface area contributed by atoms with Crippen LogP contribution in [0.15, 0.2) is 168 Å². The molecule has 4 heteroatoms. The van der Waals surface area contributed by atoms with Crippen LogP contribution in [0, 0.1) is 0 Å². The molecule has 220 valence electrons. The summed E-state index contributed by atoms with van der Waals surface area (Å²) in [4.78, 5) is 14.2. The molecule has 7 aromatic carbocycles. The predicted octanol–water partition coefficient (Wildman–Crippen LogP) is 11.3. The average Bonchev–Trinajstić information content (AvgIpc) is 3.67. The minimum absolute atomic E-state index is 0.0305. The summed E-state index contributed by atoms with van der Waals surface area (Å²) in [6.07, 6.45) is 0. The third-order valence-corrected chi connectivity index (χ3v) is 7.70. The van der Waals surface area contributed by atoms with Crippen molar-refractivity contribution in [2.45, 2.75) is 0 Å². The van der Waals surface area contributed by atoms with Gasteiger partial charge in [-0.3, -0.25) is 0 Å². The molecule has 0 saturated heterocycles. The van der Waals surface area contributed by atoms with Crippen LogP contribution in [0.3, 0.4) is 0 Å². The number of hydrogen-bond donors (Lipinski definition) is 0. The lowest BCUT2D eigenvalue weighted by Gasteiger charge is -2.10. The molecule has 0 bridgehead atoms. The second kappa shape index (κ2) is 11.2. The van der Waals surface area contributed by atoms with Gasteiger partial charge in [0, 0.05) is 27.5 Å². The van der Waals surface area contributed by atoms with Gasteiger partial charge in [0.1, 0.15) is 11.2 Å². The van der Waals surface area contributed by atoms with Gasteiger partial charge >= 0.3 is 0 Å². The predicted molar refractivity (Wildman–Crippen MR) is 192 cm³/mol. The lowest BCUT2D eigenvalue weighted by molar-refractivity contribution is 0.669. The lowest BCUT2D eigenvalue weighted by Crippen LogP contribution is -2.00. The van der Waals surface area contributed by atoms with E-state index in [1.807, 2.05) is 60.7 Å². The van der Waals surface area contributed by atoms with E-state index in [-0.39, 0.29) is 43.8 Å². The standard InChI is InChI=1S/C43H27N3O/c1-3-10-29(11-4-1)41-44-42(30-12-5-2-6-13-30)46-43(45-41)31-20-18-28(19-21-31)32-22-23-34-27-35(25-24-33(34)26-32)36-15-9-17-39-40(36)37-14-7-8-16-38(37)47-39/h1-27H/i7D,8D,9D,14D,15D,16D,17D,22D,23D,24D,25D,26D,27D. The third kappa shape index (κ3) is 4.93. The van der Waals surface area contributed by atoms with Crippen LogP contribution in [0.2, 0.25) is 0 Å². The van der Waals surface area contributed by atoms with Gasteiger partial charge in [-0.2, -0.15) is 0 Å². The fourth-order valence-electron chi connectivity index (χ4n) is 5.42. The quantitative estimate of drug-likeness (QED) is 0.193. The Morgan fingerprint density at radius 1 is 0.426 bits per heavy atom. The first kappa shape index (κ1) is 16.8. The Balaban J connectivity index is 1.23. The van der Waals surface area contributed by atoms with E-state index >= 15 is 0 Å². The highest BCUT2D eigenvalue weighted by Gasteiger charge is 2.14. The van der Waals surface area contributed by atoms with Gasteiger partial charge in [-0.1, -0.05) is 139 Å². The van der Waals surface area contributed by atoms with E-state index in [1.54, 1.807) is 24.3 Å². The van der Waals surface area contributed by atoms with E-state index in [0.29, 0.717) is 28.6 Å². The second-order valence-corrected chi connectivity index (χ2v) is 10.6. The first-order valence-corrected chi connectivity index (χ1v) is 14.6. The summed E-state index contributed by atoms with van der Waals surface area (Å²) in [6, 6.07) is 17.9. The number of rotatable bonds is 5. The first-order valence-electron chi connectivity index (χ1n) is 21.1. The van der Waals surface area contributed by atoms with Gasteiger partial charge < -0.3 is 4.42 Å². The maximum absolute atomic E-state index is 9.35. The highest BCUT2D eigenvalue weighted by atomic mass is 16.3. The summed E-state index contributed by atoms with van der Waals surface area (Å²) in [5.74, 6) is 1.27. The maximum atomic E-state index is 9.35. The number of hydrogen-bond acceptors (Lipinski definition) is 4. The van der Waals surface area contributed by atoms with E-state index in [1.165, 1.54) is 0 Å². The summed E-state index contributed by atoms with van der Waals surface area (Å²) < 4.78 is 121. The van der Waals surface area contributed by atoms with Crippen LogP contribution < -0.4 is 0 Å². The van der Waals surface area contributed by atoms with Crippen LogP contribution in [-0.2, 0) is 0 Å². The number of para-hydroxylation sites is 1. The Hall–Kier alpha value is -6.39. The van der Waals surface area contributed by atoms with Crippen LogP contribution in [0.25, 0.3) is 89.1 Å². The smallest absolute Gasteiger partial charge is 0.164 e. The zero-order valence-electron chi connectivity index (χ0n) is 37.3. The van der Waals surface area contributed by atoms with Gasteiger partial charge in [-0.15, -0.1) is 0 Å². The second-order valence-electron chi connectivity index (χ2n) is 10.6. The molecule has 0 fully saturated rings. The van der Waals surface area contributed by atoms with Crippen molar-refractivity contribution in [2.75, 3.05) is 0 Å². The largest absolute Gasteiger partial charge is 0.456 e. The van der Waals surface area contributed by atoms with Crippen molar-refractivity contribution in [1.82, 2.24) is 15.0 Å². The van der Waals surface area contributed by atoms with E-state index in [4.69, 9.17) is 33.1 Å². The van der Waals surface area contributed by atoms with E-state index in [2.05, 4.69) is 0 Å². The Morgan fingerprint density at radius 2 is 0.957 bits per heavy atom. The molecule has 0 spiro atoms. The summed E-state index contributed by atoms with van der Waals surface area (Å²) in [5.41, 5.74) is 0.910. The van der Waals surface area contributed by atoms with Crippen molar-refractivity contribution in [1.29, 1.82) is 0 Å². The fourth-order valence-corrected chi connectivity index (χ4v) is 5.42. The van der Waals surface area contributed by atoms with Gasteiger partial charge in [0.05, 0.1) is 17.8 Å². The minimum Gasteiger partial charge on any atom is -0.456 e. The minimum atomic E-state index is -0.686. The Kier molecular flexibility index (Phi) is 4.00. The number of fused-ring (bicyclic) bond motifs is 4. The van der Waals surface area contributed by atoms with Crippen LogP contribution in [0.1, 0.15) is 17.8 Å². The maximum Gasteiger partial charge on any atom is 0.164 e. The molecule has 0 atom stereocenters. The number of nitrogens with zero attached hydrogens (tertiary/aromatic N) is 3. The highest BCUT2D eigenvalue weighted by Crippen LogP contribution is 2.38. The molecule has 9 rings (SSSR count). The third-order valence-electron chi connectivity index (χ3n) is 7.70. The van der Waals surface area contributed by atoms with Gasteiger partial charge in [0.25, 0.3) is 0 Å². The Morgan fingerprint density at radius 3 is 1.62 bits per heavy atom. The molecule has 9 aromatic rings. The number of benzene rings is 7. The van der Waals surface area contributed by atoms with Crippen LogP contribution in [-0.4, -0.2) is 15.0 Å². The molecule has 0 aliphatic carbocycles. The van der Waals surface area contributed by atoms with Crippen molar-refractivity contribution in [2.24, 2.45) is 0 Å². The van der Waals surface area contributed by atoms with E-state index in [9.17, 15) is 4.11 Å². The highest BCUT2D eigenvalue weighted by molar-refractivity contribution is 6.12. The zero-order chi connectivity index (χ0) is 42.5. The first-order chi connectivity index (χ1) is 28.7. The van der Waals surface area contributed by atoms with Gasteiger partial charge in [0.15, 0.2) is 17.5 Å². The summed E-state index contributed by atoms with van der Waals surface area (Å²) in [6.45, 7) is 0. The lowest BCUT2D eigenvalue weighted by atomic mass is 9.95. The molecule has 0 amide bonds. The van der Waals surface area contributed by atoms with Crippen LogP contribution in [0.5, 0.6) is 0 Å². The Bertz CT molecular complexity index is 3230. The molecule has 0 unspecified atom stereocenters. The van der Waals surface area contributed by atoms with Crippen LogP contribution >= 0.6 is 0 Å². The molecule has 0 N–H and O–H groups in total. The normalized spacial score (nSPS) is 15.3.